The third-order valence-electron chi connectivity index (χ3n) is 14.7. The van der Waals surface area contributed by atoms with Crippen LogP contribution in [0.25, 0.3) is 0 Å². The van der Waals surface area contributed by atoms with Gasteiger partial charge in [0.1, 0.15) is 0 Å². The van der Waals surface area contributed by atoms with Crippen LogP contribution in [0.3, 0.4) is 0 Å². The molecular formula is C43H84N4O3. The molecule has 294 valence electrons. The van der Waals surface area contributed by atoms with Crippen LogP contribution in [0.15, 0.2) is 0 Å². The Morgan fingerprint density at radius 2 is 1.32 bits per heavy atom. The Balaban J connectivity index is 1.41. The van der Waals surface area contributed by atoms with E-state index in [1.165, 1.54) is 109 Å². The van der Waals surface area contributed by atoms with Crippen LogP contribution in [0, 0.1) is 46.3 Å². The molecule has 11 atom stereocenters. The maximum absolute atomic E-state index is 7.05. The van der Waals surface area contributed by atoms with Crippen LogP contribution >= 0.6 is 0 Å². The van der Waals surface area contributed by atoms with Gasteiger partial charge < -0.3 is 36.7 Å². The van der Waals surface area contributed by atoms with Crippen molar-refractivity contribution in [3.63, 3.8) is 0 Å². The predicted octanol–water partition coefficient (Wildman–Crippen LogP) is 8.21. The summed E-state index contributed by atoms with van der Waals surface area (Å²) < 4.78 is 20.4. The fourth-order valence-corrected chi connectivity index (χ4v) is 11.9. The van der Waals surface area contributed by atoms with Crippen LogP contribution in [0.1, 0.15) is 156 Å². The zero-order valence-corrected chi connectivity index (χ0v) is 33.5. The lowest BCUT2D eigenvalue weighted by Crippen LogP contribution is -2.63. The van der Waals surface area contributed by atoms with Gasteiger partial charge in [-0.1, -0.05) is 72.6 Å². The fraction of sp³-hybridized carbons (Fsp3) is 1.00. The third-order valence-corrected chi connectivity index (χ3v) is 14.7. The molecule has 0 aromatic rings. The summed E-state index contributed by atoms with van der Waals surface area (Å²) in [5.41, 5.74) is 18.3. The molecule has 0 heterocycles. The Morgan fingerprint density at radius 1 is 0.680 bits per heavy atom. The second kappa shape index (κ2) is 22.2. The van der Waals surface area contributed by atoms with E-state index in [4.69, 9.17) is 31.4 Å². The molecule has 4 fully saturated rings. The second-order valence-corrected chi connectivity index (χ2v) is 17.8. The van der Waals surface area contributed by atoms with Crippen molar-refractivity contribution in [2.75, 3.05) is 52.5 Å². The van der Waals surface area contributed by atoms with Crippen molar-refractivity contribution in [1.82, 2.24) is 5.32 Å². The van der Waals surface area contributed by atoms with E-state index >= 15 is 0 Å². The molecule has 4 saturated carbocycles. The summed E-state index contributed by atoms with van der Waals surface area (Å²) in [5, 5.41) is 3.79. The Morgan fingerprint density at radius 3 is 2.02 bits per heavy atom. The van der Waals surface area contributed by atoms with E-state index in [-0.39, 0.29) is 5.41 Å². The number of unbranched alkanes of at least 4 members (excludes halogenated alkanes) is 7. The first-order chi connectivity index (χ1) is 24.3. The topological polar surface area (TPSA) is 118 Å². The van der Waals surface area contributed by atoms with Crippen molar-refractivity contribution in [2.45, 2.75) is 174 Å². The summed E-state index contributed by atoms with van der Waals surface area (Å²) in [6, 6.07) is 0. The molecule has 0 bridgehead atoms. The Hall–Kier alpha value is -0.280. The lowest BCUT2D eigenvalue weighted by molar-refractivity contribution is -0.227. The molecule has 0 aromatic carbocycles. The number of hydrogen-bond acceptors (Lipinski definition) is 7. The highest BCUT2D eigenvalue weighted by molar-refractivity contribution is 5.15. The highest BCUT2D eigenvalue weighted by Gasteiger charge is 2.66. The van der Waals surface area contributed by atoms with Crippen molar-refractivity contribution in [2.24, 2.45) is 63.5 Å². The van der Waals surface area contributed by atoms with Crippen molar-refractivity contribution in [3.05, 3.63) is 0 Å². The van der Waals surface area contributed by atoms with Gasteiger partial charge in [-0.25, -0.2) is 0 Å². The normalized spacial score (nSPS) is 35.8. The van der Waals surface area contributed by atoms with Crippen molar-refractivity contribution < 1.29 is 14.2 Å². The largest absolute Gasteiger partial charge is 0.378 e. The lowest BCUT2D eigenvalue weighted by Gasteiger charge is -2.65. The minimum absolute atomic E-state index is 0.181. The van der Waals surface area contributed by atoms with Crippen LogP contribution in [0.5, 0.6) is 0 Å². The van der Waals surface area contributed by atoms with E-state index in [9.17, 15) is 0 Å². The Labute approximate surface area is 309 Å². The smallest absolute Gasteiger partial charge is 0.0637 e. The lowest BCUT2D eigenvalue weighted by atomic mass is 9.43. The van der Waals surface area contributed by atoms with Crippen LogP contribution in [0.2, 0.25) is 0 Å². The van der Waals surface area contributed by atoms with E-state index in [1.807, 2.05) is 0 Å². The van der Waals surface area contributed by atoms with Gasteiger partial charge >= 0.3 is 0 Å². The van der Waals surface area contributed by atoms with Gasteiger partial charge in [-0.05, 0) is 157 Å². The molecule has 4 rings (SSSR count). The van der Waals surface area contributed by atoms with Crippen molar-refractivity contribution in [3.8, 4) is 0 Å². The molecule has 0 radical (unpaired) electrons. The molecule has 0 aromatic heterocycles. The van der Waals surface area contributed by atoms with Crippen LogP contribution < -0.4 is 22.5 Å². The van der Waals surface area contributed by atoms with Crippen LogP contribution in [0.4, 0.5) is 0 Å². The molecule has 7 heteroatoms. The monoisotopic (exact) mass is 705 g/mol. The summed E-state index contributed by atoms with van der Waals surface area (Å²) >= 11 is 0. The predicted molar refractivity (Wildman–Crippen MR) is 210 cm³/mol. The molecule has 50 heavy (non-hydrogen) atoms. The molecule has 7 N–H and O–H groups in total. The van der Waals surface area contributed by atoms with Crippen molar-refractivity contribution >= 4 is 0 Å². The average molecular weight is 705 g/mol. The number of hydrogen-bond donors (Lipinski definition) is 4. The van der Waals surface area contributed by atoms with E-state index in [1.54, 1.807) is 0 Å². The standard InChI is InChI=1S/C43H84N4O3/c1-5-6-7-8-9-10-11-12-25-47-26-13-17-33(2)36-18-19-37-41-38(32-40(43(36,37)4)50-29-16-24-46)42(3)21-20-35(48-27-14-22-44)30-34(42)31-39(41)49-28-15-23-45/h33-41,47H,5-32,44-46H2,1-4H3/t33-,34?,35-,36-,37+,38+,39-,40+,41?,42+,43-/m1/s1. The van der Waals surface area contributed by atoms with Gasteiger partial charge in [0.05, 0.1) is 18.3 Å². The number of ether oxygens (including phenoxy) is 3. The minimum Gasteiger partial charge on any atom is -0.378 e. The molecule has 0 saturated heterocycles. The summed E-state index contributed by atoms with van der Waals surface area (Å²) in [6.07, 6.45) is 26.1. The SMILES string of the molecule is CCCCCCCCCCNCCC[C@@H](C)[C@H]1CC[C@H]2C3[C@H](OCCCN)CC4C[C@H](OCCCN)CC[C@]4(C)[C@H]3C[C@H](OCCCN)[C@]12C. The average Bonchev–Trinajstić information content (AvgIpc) is 3.47. The maximum atomic E-state index is 7.05. The van der Waals surface area contributed by atoms with Crippen molar-refractivity contribution in [1.29, 1.82) is 0 Å². The quantitative estimate of drug-likeness (QED) is 0.0671. The molecule has 4 aliphatic carbocycles. The summed E-state index contributed by atoms with van der Waals surface area (Å²) in [6.45, 7) is 17.0. The highest BCUT2D eigenvalue weighted by atomic mass is 16.5. The van der Waals surface area contributed by atoms with E-state index in [0.29, 0.717) is 78.9 Å². The van der Waals surface area contributed by atoms with Gasteiger partial charge in [0.15, 0.2) is 0 Å². The van der Waals surface area contributed by atoms with Gasteiger partial charge in [0, 0.05) is 25.2 Å². The minimum atomic E-state index is 0.181. The zero-order chi connectivity index (χ0) is 35.8. The summed E-state index contributed by atoms with van der Waals surface area (Å²) in [5.74, 6) is 3.92. The zero-order valence-electron chi connectivity index (χ0n) is 33.5. The van der Waals surface area contributed by atoms with E-state index < -0.39 is 0 Å². The Bertz CT molecular complexity index is 909. The van der Waals surface area contributed by atoms with E-state index in [2.05, 4.69) is 33.0 Å². The number of rotatable bonds is 26. The van der Waals surface area contributed by atoms with Gasteiger partial charge in [0.25, 0.3) is 0 Å². The maximum Gasteiger partial charge on any atom is 0.0637 e. The Kier molecular flexibility index (Phi) is 18.8. The van der Waals surface area contributed by atoms with E-state index in [0.717, 1.165) is 52.0 Å². The summed E-state index contributed by atoms with van der Waals surface area (Å²) in [4.78, 5) is 0. The molecule has 0 spiro atoms. The van der Waals surface area contributed by atoms with Crippen LogP contribution in [-0.2, 0) is 14.2 Å². The summed E-state index contributed by atoms with van der Waals surface area (Å²) in [7, 11) is 0. The third kappa shape index (κ3) is 10.9. The fourth-order valence-electron chi connectivity index (χ4n) is 11.9. The number of nitrogens with one attached hydrogen (secondary N) is 1. The van der Waals surface area contributed by atoms with Gasteiger partial charge in [0.2, 0.25) is 0 Å². The molecule has 7 nitrogen and oxygen atoms in total. The first-order valence-corrected chi connectivity index (χ1v) is 22.0. The second-order valence-electron chi connectivity index (χ2n) is 17.8. The molecular weight excluding hydrogens is 620 g/mol. The first-order valence-electron chi connectivity index (χ1n) is 22.0. The molecule has 0 aliphatic heterocycles. The van der Waals surface area contributed by atoms with Gasteiger partial charge in [-0.15, -0.1) is 0 Å². The van der Waals surface area contributed by atoms with Crippen LogP contribution in [-0.4, -0.2) is 70.9 Å². The molecule has 4 aliphatic rings. The van der Waals surface area contributed by atoms with Gasteiger partial charge in [-0.3, -0.25) is 0 Å². The van der Waals surface area contributed by atoms with Gasteiger partial charge in [-0.2, -0.15) is 0 Å². The number of fused-ring (bicyclic) bond motifs is 5. The number of nitrogens with two attached hydrogens (primary N) is 3. The first kappa shape index (κ1) is 42.5. The highest BCUT2D eigenvalue weighted by Crippen LogP contribution is 2.69. The molecule has 0 amide bonds. The molecule has 2 unspecified atom stereocenters.